The molecule has 0 aliphatic rings. The van der Waals surface area contributed by atoms with E-state index in [0.717, 1.165) is 34.8 Å². The predicted octanol–water partition coefficient (Wildman–Crippen LogP) is 9.88. The van der Waals surface area contributed by atoms with Gasteiger partial charge in [-0.05, 0) is 33.0 Å². The average molecular weight is 479 g/mol. The lowest BCUT2D eigenvalue weighted by Gasteiger charge is -2.07. The van der Waals surface area contributed by atoms with Crippen LogP contribution in [0.1, 0.15) is 84.5 Å². The molecule has 0 radical (unpaired) electrons. The highest BCUT2D eigenvalue weighted by molar-refractivity contribution is 5.99. The Labute approximate surface area is 217 Å². The van der Waals surface area contributed by atoms with Gasteiger partial charge in [0.1, 0.15) is 12.6 Å². The van der Waals surface area contributed by atoms with Crippen LogP contribution in [0, 0.1) is 0 Å². The fourth-order valence-corrected chi connectivity index (χ4v) is 3.38. The molecule has 0 bridgehead atoms. The molecule has 0 aliphatic heterocycles. The highest BCUT2D eigenvalue weighted by Crippen LogP contribution is 2.26. The maximum atomic E-state index is 10.8. The highest BCUT2D eigenvalue weighted by Gasteiger charge is 2.02. The number of benzene rings is 4. The summed E-state index contributed by atoms with van der Waals surface area (Å²) in [6, 6.07) is 27.6. The minimum absolute atomic E-state index is 0.675. The van der Waals surface area contributed by atoms with E-state index in [9.17, 15) is 9.59 Å². The van der Waals surface area contributed by atoms with Gasteiger partial charge in [-0.3, -0.25) is 9.59 Å². The molecule has 186 valence electrons. The first-order valence-corrected chi connectivity index (χ1v) is 12.8. The van der Waals surface area contributed by atoms with Crippen molar-refractivity contribution in [1.29, 1.82) is 0 Å². The highest BCUT2D eigenvalue weighted by atomic mass is 16.1. The van der Waals surface area contributed by atoms with Crippen molar-refractivity contribution in [3.63, 3.8) is 0 Å². The van der Waals surface area contributed by atoms with E-state index in [0.29, 0.717) is 11.1 Å². The van der Waals surface area contributed by atoms with E-state index in [4.69, 9.17) is 0 Å². The van der Waals surface area contributed by atoms with E-state index in [1.165, 1.54) is 10.8 Å². The van der Waals surface area contributed by atoms with Crippen molar-refractivity contribution in [2.24, 2.45) is 0 Å². The van der Waals surface area contributed by atoms with Crippen LogP contribution in [0.15, 0.2) is 84.9 Å². The fourth-order valence-electron chi connectivity index (χ4n) is 3.38. The van der Waals surface area contributed by atoms with E-state index in [2.05, 4.69) is 48.6 Å². The van der Waals surface area contributed by atoms with Gasteiger partial charge in [0.2, 0.25) is 0 Å². The van der Waals surface area contributed by atoms with Crippen molar-refractivity contribution in [2.75, 3.05) is 0 Å². The Balaban J connectivity index is 0.00000101. The Morgan fingerprint density at radius 1 is 0.389 bits per heavy atom. The number of fused-ring (bicyclic) bond motifs is 1. The van der Waals surface area contributed by atoms with Crippen LogP contribution in [0.5, 0.6) is 0 Å². The number of carbonyl (C=O) groups excluding carboxylic acids is 2. The second-order valence-corrected chi connectivity index (χ2v) is 7.03. The molecule has 0 atom stereocenters. The molecule has 0 fully saturated rings. The van der Waals surface area contributed by atoms with E-state index >= 15 is 0 Å². The third-order valence-corrected chi connectivity index (χ3v) is 5.05. The lowest BCUT2D eigenvalue weighted by atomic mass is 9.98. The zero-order valence-corrected chi connectivity index (χ0v) is 22.4. The SMILES string of the molecule is CC.CC.CC.O=Cc1ccc(/C=C\c2ccc(/C=C\c3ccc(C=O)cc3)c3ccccc23)cc1. The van der Waals surface area contributed by atoms with Gasteiger partial charge < -0.3 is 0 Å². The quantitative estimate of drug-likeness (QED) is 0.204. The molecule has 36 heavy (non-hydrogen) atoms. The van der Waals surface area contributed by atoms with Crippen molar-refractivity contribution in [1.82, 2.24) is 0 Å². The number of hydrogen-bond donors (Lipinski definition) is 0. The van der Waals surface area contributed by atoms with Gasteiger partial charge in [0, 0.05) is 11.1 Å². The molecule has 0 saturated heterocycles. The molecule has 0 heterocycles. The molecule has 4 aromatic carbocycles. The lowest BCUT2D eigenvalue weighted by Crippen LogP contribution is -1.84. The van der Waals surface area contributed by atoms with E-state index in [-0.39, 0.29) is 0 Å². The van der Waals surface area contributed by atoms with Crippen LogP contribution >= 0.6 is 0 Å². The Kier molecular flexibility index (Phi) is 14.5. The zero-order chi connectivity index (χ0) is 26.8. The Morgan fingerprint density at radius 3 is 1.00 bits per heavy atom. The molecule has 0 unspecified atom stereocenters. The molecule has 0 N–H and O–H groups in total. The van der Waals surface area contributed by atoms with Gasteiger partial charge in [-0.15, -0.1) is 0 Å². The molecule has 2 nitrogen and oxygen atoms in total. The van der Waals surface area contributed by atoms with Crippen molar-refractivity contribution in [2.45, 2.75) is 41.5 Å². The summed E-state index contributed by atoms with van der Waals surface area (Å²) in [6.07, 6.45) is 10.0. The molecule has 0 aliphatic carbocycles. The Morgan fingerprint density at radius 2 is 0.694 bits per heavy atom. The lowest BCUT2D eigenvalue weighted by molar-refractivity contribution is 0.111. The van der Waals surface area contributed by atoms with Gasteiger partial charge in [-0.1, -0.05) is 151 Å². The summed E-state index contributed by atoms with van der Waals surface area (Å²) in [5.74, 6) is 0. The van der Waals surface area contributed by atoms with Gasteiger partial charge >= 0.3 is 0 Å². The number of aldehydes is 2. The number of hydrogen-bond acceptors (Lipinski definition) is 2. The first-order valence-electron chi connectivity index (χ1n) is 12.8. The molecule has 0 spiro atoms. The predicted molar refractivity (Wildman–Crippen MR) is 160 cm³/mol. The molecule has 4 aromatic rings. The van der Waals surface area contributed by atoms with Crippen molar-refractivity contribution < 1.29 is 9.59 Å². The first kappa shape index (κ1) is 30.0. The zero-order valence-electron chi connectivity index (χ0n) is 22.4. The standard InChI is InChI=1S/C28H20O2.3C2H6/c29-19-23-9-5-21(6-10-23)13-15-25-17-18-26(28-4-2-1-3-27(25)28)16-14-22-7-11-24(20-30)12-8-22;3*1-2/h1-20H;3*1-2H3/b15-13-,16-14-;;;. The fraction of sp³-hybridized carbons (Fsp3) is 0.176. The monoisotopic (exact) mass is 478 g/mol. The minimum Gasteiger partial charge on any atom is -0.298 e. The largest absolute Gasteiger partial charge is 0.298 e. The van der Waals surface area contributed by atoms with Gasteiger partial charge in [0.25, 0.3) is 0 Å². The molecule has 0 aromatic heterocycles. The van der Waals surface area contributed by atoms with Crippen molar-refractivity contribution in [3.05, 3.63) is 118 Å². The third-order valence-electron chi connectivity index (χ3n) is 5.05. The molecule has 0 saturated carbocycles. The van der Waals surface area contributed by atoms with Crippen LogP contribution in [-0.2, 0) is 0 Å². The summed E-state index contributed by atoms with van der Waals surface area (Å²) in [7, 11) is 0. The molecular formula is C34H38O2. The Hall–Kier alpha value is -4.04. The summed E-state index contributed by atoms with van der Waals surface area (Å²) in [5, 5.41) is 2.36. The number of rotatable bonds is 6. The van der Waals surface area contributed by atoms with Crippen molar-refractivity contribution in [3.8, 4) is 0 Å². The maximum absolute atomic E-state index is 10.8. The summed E-state index contributed by atoms with van der Waals surface area (Å²) < 4.78 is 0. The third kappa shape index (κ3) is 8.63. The second-order valence-electron chi connectivity index (χ2n) is 7.03. The van der Waals surface area contributed by atoms with Crippen LogP contribution in [-0.4, -0.2) is 12.6 Å². The van der Waals surface area contributed by atoms with Gasteiger partial charge in [-0.2, -0.15) is 0 Å². The van der Waals surface area contributed by atoms with Crippen molar-refractivity contribution >= 4 is 47.6 Å². The second kappa shape index (κ2) is 17.4. The van der Waals surface area contributed by atoms with Gasteiger partial charge in [-0.25, -0.2) is 0 Å². The first-order chi connectivity index (χ1) is 17.8. The smallest absolute Gasteiger partial charge is 0.150 e. The summed E-state index contributed by atoms with van der Waals surface area (Å²) in [4.78, 5) is 21.6. The van der Waals surface area contributed by atoms with Crippen LogP contribution in [0.25, 0.3) is 35.1 Å². The summed E-state index contributed by atoms with van der Waals surface area (Å²) in [5.41, 5.74) is 5.72. The number of carbonyl (C=O) groups is 2. The summed E-state index contributed by atoms with van der Waals surface area (Å²) >= 11 is 0. The van der Waals surface area contributed by atoms with Gasteiger partial charge in [0.15, 0.2) is 0 Å². The van der Waals surface area contributed by atoms with Crippen LogP contribution in [0.3, 0.4) is 0 Å². The molecular weight excluding hydrogens is 440 g/mol. The van der Waals surface area contributed by atoms with E-state index in [1.807, 2.05) is 102 Å². The van der Waals surface area contributed by atoms with E-state index in [1.54, 1.807) is 0 Å². The topological polar surface area (TPSA) is 34.1 Å². The Bertz CT molecular complexity index is 1140. The summed E-state index contributed by atoms with van der Waals surface area (Å²) in [6.45, 7) is 12.0. The van der Waals surface area contributed by atoms with E-state index < -0.39 is 0 Å². The maximum Gasteiger partial charge on any atom is 0.150 e. The van der Waals surface area contributed by atoms with Crippen LogP contribution < -0.4 is 0 Å². The molecule has 4 rings (SSSR count). The van der Waals surface area contributed by atoms with Crippen LogP contribution in [0.2, 0.25) is 0 Å². The molecule has 0 amide bonds. The van der Waals surface area contributed by atoms with Crippen LogP contribution in [0.4, 0.5) is 0 Å². The normalized spacial score (nSPS) is 9.94. The minimum atomic E-state index is 0.675. The van der Waals surface area contributed by atoms with Gasteiger partial charge in [0.05, 0.1) is 0 Å². The average Bonchev–Trinajstić information content (AvgIpc) is 2.99. The molecule has 2 heteroatoms.